The van der Waals surface area contributed by atoms with E-state index in [0.29, 0.717) is 47.1 Å². The van der Waals surface area contributed by atoms with Crippen LogP contribution in [0.3, 0.4) is 0 Å². The Kier molecular flexibility index (Phi) is 6.25. The Bertz CT molecular complexity index is 1640. The van der Waals surface area contributed by atoms with Gasteiger partial charge in [-0.3, -0.25) is 9.88 Å². The Balaban J connectivity index is 1.24. The highest BCUT2D eigenvalue weighted by molar-refractivity contribution is 6.36. The molecule has 3 atom stereocenters. The Morgan fingerprint density at radius 3 is 2.78 bits per heavy atom. The number of nitrogens with one attached hydrogen (secondary N) is 1. The Labute approximate surface area is 242 Å². The van der Waals surface area contributed by atoms with E-state index in [2.05, 4.69) is 25.1 Å². The highest BCUT2D eigenvalue weighted by Crippen LogP contribution is 2.38. The fraction of sp³-hybridized carbons (Fsp3) is 0.452. The van der Waals surface area contributed by atoms with Gasteiger partial charge in [0.25, 0.3) is 0 Å². The first-order valence-corrected chi connectivity index (χ1v) is 15.0. The lowest BCUT2D eigenvalue weighted by Crippen LogP contribution is -2.56. The van der Waals surface area contributed by atoms with Crippen LogP contribution in [0.25, 0.3) is 32.9 Å². The average molecular weight is 575 g/mol. The number of aromatic nitrogens is 3. The van der Waals surface area contributed by atoms with Crippen molar-refractivity contribution < 1.29 is 13.9 Å². The smallest absolute Gasteiger partial charge is 0.319 e. The molecule has 4 fully saturated rings. The quantitative estimate of drug-likeness (QED) is 0.364. The maximum Gasteiger partial charge on any atom is 0.319 e. The van der Waals surface area contributed by atoms with Crippen LogP contribution < -0.4 is 15.0 Å². The summed E-state index contributed by atoms with van der Waals surface area (Å²) in [6.07, 6.45) is 6.07. The summed E-state index contributed by atoms with van der Waals surface area (Å²) in [5.41, 5.74) is 0.876. The SMILES string of the molecule is Fc1c(-c2cccc3cccc(Cl)c23)ncc2c(N3C[C@H]4CC[C@@H](C3)N4)nc(OCC34CCCN3CCOC4)nc12. The molecule has 10 heteroatoms. The molecule has 2 aromatic carbocycles. The van der Waals surface area contributed by atoms with E-state index in [1.54, 1.807) is 6.20 Å². The number of piperazine rings is 1. The number of benzene rings is 2. The molecular weight excluding hydrogens is 543 g/mol. The minimum atomic E-state index is -0.497. The lowest BCUT2D eigenvalue weighted by molar-refractivity contribution is -0.0664. The maximum absolute atomic E-state index is 16.6. The molecule has 0 aliphatic carbocycles. The Hall–Kier alpha value is -3.11. The number of rotatable bonds is 5. The molecule has 1 N–H and O–H groups in total. The van der Waals surface area contributed by atoms with Crippen molar-refractivity contribution in [2.45, 2.75) is 43.3 Å². The number of hydrogen-bond donors (Lipinski definition) is 1. The van der Waals surface area contributed by atoms with Crippen molar-refractivity contribution in [1.29, 1.82) is 0 Å². The second-order valence-corrected chi connectivity index (χ2v) is 12.3. The van der Waals surface area contributed by atoms with Gasteiger partial charge in [-0.15, -0.1) is 0 Å². The van der Waals surface area contributed by atoms with Crippen molar-refractivity contribution in [3.63, 3.8) is 0 Å². The summed E-state index contributed by atoms with van der Waals surface area (Å²) in [5, 5.41) is 6.51. The van der Waals surface area contributed by atoms with E-state index in [1.807, 2.05) is 36.4 Å². The van der Waals surface area contributed by atoms with Crippen LogP contribution >= 0.6 is 11.6 Å². The fourth-order valence-electron chi connectivity index (χ4n) is 7.33. The summed E-state index contributed by atoms with van der Waals surface area (Å²) in [4.78, 5) is 18.9. The number of halogens is 2. The van der Waals surface area contributed by atoms with Crippen LogP contribution in [-0.4, -0.2) is 83.5 Å². The summed E-state index contributed by atoms with van der Waals surface area (Å²) in [5.74, 6) is 0.182. The van der Waals surface area contributed by atoms with Gasteiger partial charge in [0.05, 0.1) is 24.1 Å². The fourth-order valence-corrected chi connectivity index (χ4v) is 7.61. The molecule has 8 nitrogen and oxygen atoms in total. The van der Waals surface area contributed by atoms with Crippen LogP contribution in [-0.2, 0) is 4.74 Å². The number of hydrogen-bond acceptors (Lipinski definition) is 8. The molecule has 4 saturated heterocycles. The van der Waals surface area contributed by atoms with Gasteiger partial charge in [-0.2, -0.15) is 9.97 Å². The molecule has 0 saturated carbocycles. The minimum Gasteiger partial charge on any atom is -0.461 e. The first kappa shape index (κ1) is 25.6. The zero-order valence-corrected chi connectivity index (χ0v) is 23.5. The van der Waals surface area contributed by atoms with Crippen molar-refractivity contribution in [3.05, 3.63) is 53.4 Å². The molecule has 1 unspecified atom stereocenters. The molecule has 41 heavy (non-hydrogen) atoms. The predicted octanol–water partition coefficient (Wildman–Crippen LogP) is 4.82. The van der Waals surface area contributed by atoms with E-state index in [0.717, 1.165) is 69.2 Å². The first-order chi connectivity index (χ1) is 20.1. The summed E-state index contributed by atoms with van der Waals surface area (Å²) in [6.45, 7) is 5.31. The van der Waals surface area contributed by atoms with Gasteiger partial charge in [0, 0.05) is 53.9 Å². The van der Waals surface area contributed by atoms with E-state index in [4.69, 9.17) is 26.1 Å². The number of ether oxygens (including phenoxy) is 2. The predicted molar refractivity (Wildman–Crippen MR) is 157 cm³/mol. The van der Waals surface area contributed by atoms with Crippen LogP contribution in [0.4, 0.5) is 10.2 Å². The highest BCUT2D eigenvalue weighted by Gasteiger charge is 2.44. The molecule has 8 rings (SSSR count). The Morgan fingerprint density at radius 2 is 1.93 bits per heavy atom. The monoisotopic (exact) mass is 574 g/mol. The molecule has 6 heterocycles. The third-order valence-corrected chi connectivity index (χ3v) is 9.67. The molecule has 2 aromatic heterocycles. The van der Waals surface area contributed by atoms with Gasteiger partial charge in [-0.1, -0.05) is 41.9 Å². The van der Waals surface area contributed by atoms with Crippen molar-refractivity contribution >= 4 is 39.1 Å². The first-order valence-electron chi connectivity index (χ1n) is 14.6. The second kappa shape index (κ2) is 10.0. The number of morpholine rings is 1. The second-order valence-electron chi connectivity index (χ2n) is 11.9. The number of anilines is 1. The lowest BCUT2D eigenvalue weighted by atomic mass is 9.97. The van der Waals surface area contributed by atoms with Gasteiger partial charge < -0.3 is 19.7 Å². The van der Waals surface area contributed by atoms with Crippen LogP contribution in [0.2, 0.25) is 5.02 Å². The minimum absolute atomic E-state index is 0.188. The standard InChI is InChI=1S/C31H32ClFN6O2/c32-24-7-2-5-19-4-1-6-22(25(19)24)27-26(33)28-23(14-34-27)29(38-15-20-8-9-21(16-38)35-20)37-30(36-28)41-18-31-10-3-11-39(31)12-13-40-17-31/h1-2,4-7,14,20-21,35H,3,8-13,15-18H2/t20-,21+,31?. The Morgan fingerprint density at radius 1 is 1.10 bits per heavy atom. The molecule has 4 aliphatic heterocycles. The zero-order valence-electron chi connectivity index (χ0n) is 22.8. The van der Waals surface area contributed by atoms with Crippen molar-refractivity contribution in [2.75, 3.05) is 50.9 Å². The topological polar surface area (TPSA) is 75.6 Å². The summed E-state index contributed by atoms with van der Waals surface area (Å²) < 4.78 is 28.8. The molecule has 2 bridgehead atoms. The molecule has 0 radical (unpaired) electrons. The summed E-state index contributed by atoms with van der Waals surface area (Å²) in [6, 6.07) is 12.4. The normalized spacial score (nSPS) is 26.1. The van der Waals surface area contributed by atoms with Crippen LogP contribution in [0.1, 0.15) is 25.7 Å². The van der Waals surface area contributed by atoms with Gasteiger partial charge in [0.15, 0.2) is 5.82 Å². The highest BCUT2D eigenvalue weighted by atomic mass is 35.5. The van der Waals surface area contributed by atoms with Gasteiger partial charge in [0.1, 0.15) is 23.6 Å². The van der Waals surface area contributed by atoms with E-state index < -0.39 is 5.82 Å². The van der Waals surface area contributed by atoms with Crippen molar-refractivity contribution in [3.8, 4) is 17.3 Å². The van der Waals surface area contributed by atoms with Gasteiger partial charge in [0.2, 0.25) is 0 Å². The third-order valence-electron chi connectivity index (χ3n) is 9.36. The lowest BCUT2D eigenvalue weighted by Gasteiger charge is -2.41. The van der Waals surface area contributed by atoms with Gasteiger partial charge in [-0.05, 0) is 43.7 Å². The molecule has 0 spiro atoms. The summed E-state index contributed by atoms with van der Waals surface area (Å²) in [7, 11) is 0. The molecular formula is C31H32ClFN6O2. The van der Waals surface area contributed by atoms with E-state index >= 15 is 4.39 Å². The van der Waals surface area contributed by atoms with Crippen LogP contribution in [0.5, 0.6) is 6.01 Å². The average Bonchev–Trinajstić information content (AvgIpc) is 3.58. The van der Waals surface area contributed by atoms with Crippen molar-refractivity contribution in [1.82, 2.24) is 25.2 Å². The largest absolute Gasteiger partial charge is 0.461 e. The number of nitrogens with zero attached hydrogens (tertiary/aromatic N) is 5. The van der Waals surface area contributed by atoms with Gasteiger partial charge >= 0.3 is 6.01 Å². The molecule has 4 aromatic rings. The number of pyridine rings is 1. The maximum atomic E-state index is 16.6. The van der Waals surface area contributed by atoms with Crippen molar-refractivity contribution in [2.24, 2.45) is 0 Å². The molecule has 212 valence electrons. The summed E-state index contributed by atoms with van der Waals surface area (Å²) >= 11 is 6.60. The van der Waals surface area contributed by atoms with Crippen LogP contribution in [0, 0.1) is 5.82 Å². The van der Waals surface area contributed by atoms with E-state index in [1.165, 1.54) is 0 Å². The molecule has 0 amide bonds. The number of fused-ring (bicyclic) bond motifs is 5. The van der Waals surface area contributed by atoms with E-state index in [-0.39, 0.29) is 22.8 Å². The van der Waals surface area contributed by atoms with Crippen LogP contribution in [0.15, 0.2) is 42.6 Å². The zero-order chi connectivity index (χ0) is 27.6. The van der Waals surface area contributed by atoms with E-state index in [9.17, 15) is 0 Å². The third kappa shape index (κ3) is 4.33. The molecule has 4 aliphatic rings. The van der Waals surface area contributed by atoms with Gasteiger partial charge in [-0.25, -0.2) is 4.39 Å².